The SMILES string of the molecule is C=C1c2cc(C)ccc2CCCCCN(C)c2ccnc3cc(nn23)[C@@H]2CCCCN12. The molecule has 0 spiro atoms. The van der Waals surface area contributed by atoms with Gasteiger partial charge in [0.25, 0.3) is 0 Å². The molecule has 1 fully saturated rings. The van der Waals surface area contributed by atoms with Gasteiger partial charge in [-0.2, -0.15) is 9.61 Å². The van der Waals surface area contributed by atoms with E-state index in [9.17, 15) is 0 Å². The summed E-state index contributed by atoms with van der Waals surface area (Å²) in [6.45, 7) is 8.86. The molecule has 5 rings (SSSR count). The van der Waals surface area contributed by atoms with Gasteiger partial charge in [0.2, 0.25) is 0 Å². The zero-order chi connectivity index (χ0) is 21.4. The molecule has 0 amide bonds. The van der Waals surface area contributed by atoms with E-state index in [0.717, 1.165) is 48.8 Å². The lowest BCUT2D eigenvalue weighted by atomic mass is 9.93. The van der Waals surface area contributed by atoms with Crippen molar-refractivity contribution in [3.05, 3.63) is 65.5 Å². The van der Waals surface area contributed by atoms with Crippen molar-refractivity contribution >= 4 is 17.2 Å². The molecule has 2 aliphatic rings. The van der Waals surface area contributed by atoms with E-state index in [2.05, 4.69) is 65.7 Å². The summed E-state index contributed by atoms with van der Waals surface area (Å²) < 4.78 is 2.03. The lowest BCUT2D eigenvalue weighted by molar-refractivity contribution is 0.226. The highest BCUT2D eigenvalue weighted by atomic mass is 15.4. The average molecular weight is 416 g/mol. The molecule has 2 bridgehead atoms. The van der Waals surface area contributed by atoms with Crippen molar-refractivity contribution < 1.29 is 0 Å². The summed E-state index contributed by atoms with van der Waals surface area (Å²) in [6, 6.07) is 11.4. The molecule has 5 nitrogen and oxygen atoms in total. The Bertz CT molecular complexity index is 1100. The van der Waals surface area contributed by atoms with Gasteiger partial charge in [-0.1, -0.05) is 30.7 Å². The van der Waals surface area contributed by atoms with Crippen LogP contribution in [0.25, 0.3) is 11.3 Å². The van der Waals surface area contributed by atoms with Crippen LogP contribution in [0.15, 0.2) is 43.1 Å². The van der Waals surface area contributed by atoms with Gasteiger partial charge in [0, 0.05) is 43.7 Å². The van der Waals surface area contributed by atoms with Gasteiger partial charge < -0.3 is 9.80 Å². The first-order valence-corrected chi connectivity index (χ1v) is 11.7. The summed E-state index contributed by atoms with van der Waals surface area (Å²) in [6.07, 6.45) is 10.2. The number of nitrogens with zero attached hydrogens (tertiary/aromatic N) is 5. The number of aryl methyl sites for hydroxylation is 2. The van der Waals surface area contributed by atoms with Gasteiger partial charge in [-0.25, -0.2) is 4.98 Å². The minimum absolute atomic E-state index is 0.250. The van der Waals surface area contributed by atoms with Gasteiger partial charge >= 0.3 is 0 Å². The van der Waals surface area contributed by atoms with Crippen LogP contribution in [0.1, 0.15) is 67.0 Å². The Balaban J connectivity index is 1.62. The predicted octanol–water partition coefficient (Wildman–Crippen LogP) is 5.40. The van der Waals surface area contributed by atoms with Crippen LogP contribution in [0.4, 0.5) is 5.82 Å². The van der Waals surface area contributed by atoms with Crippen LogP contribution in [-0.2, 0) is 6.42 Å². The second kappa shape index (κ2) is 8.37. The number of piperidine rings is 1. The Labute approximate surface area is 185 Å². The molecule has 0 saturated carbocycles. The Hall–Kier alpha value is -2.82. The lowest BCUT2D eigenvalue weighted by Gasteiger charge is -2.38. The number of fused-ring (bicyclic) bond motifs is 4. The quantitative estimate of drug-likeness (QED) is 0.493. The largest absolute Gasteiger partial charge is 0.363 e. The molecule has 1 saturated heterocycles. The van der Waals surface area contributed by atoms with Crippen LogP contribution in [0.2, 0.25) is 0 Å². The average Bonchev–Trinajstić information content (AvgIpc) is 3.22. The molecule has 5 heteroatoms. The van der Waals surface area contributed by atoms with E-state index in [1.807, 2.05) is 10.7 Å². The van der Waals surface area contributed by atoms with Crippen LogP contribution in [0.3, 0.4) is 0 Å². The molecule has 31 heavy (non-hydrogen) atoms. The summed E-state index contributed by atoms with van der Waals surface area (Å²) in [5, 5.41) is 5.08. The predicted molar refractivity (Wildman–Crippen MR) is 127 cm³/mol. The van der Waals surface area contributed by atoms with Gasteiger partial charge in [-0.3, -0.25) is 0 Å². The maximum atomic E-state index is 5.08. The van der Waals surface area contributed by atoms with Crippen molar-refractivity contribution in [1.82, 2.24) is 19.5 Å². The molecule has 1 atom stereocenters. The molecule has 162 valence electrons. The standard InChI is InChI=1S/C26H33N5/c1-19-11-12-21-9-5-4-7-15-29(3)26-13-14-27-25-18-23(28-31(25)26)24-10-6-8-16-30(24)20(2)22(21)17-19/h11-14,17-18,24H,2,4-10,15-16H2,1,3H3/t24-/m0/s1. The number of benzene rings is 1. The fraction of sp³-hybridized carbons (Fsp3) is 0.462. The highest BCUT2D eigenvalue weighted by Crippen LogP contribution is 2.38. The van der Waals surface area contributed by atoms with Gasteiger partial charge in [0.1, 0.15) is 5.82 Å². The first-order valence-electron chi connectivity index (χ1n) is 11.7. The maximum Gasteiger partial charge on any atom is 0.157 e. The molecular weight excluding hydrogens is 382 g/mol. The molecule has 4 heterocycles. The minimum Gasteiger partial charge on any atom is -0.363 e. The van der Waals surface area contributed by atoms with Gasteiger partial charge in [0.15, 0.2) is 5.65 Å². The third-order valence-electron chi connectivity index (χ3n) is 6.95. The monoisotopic (exact) mass is 415 g/mol. The van der Waals surface area contributed by atoms with Crippen LogP contribution in [0.5, 0.6) is 0 Å². The summed E-state index contributed by atoms with van der Waals surface area (Å²) in [5.41, 5.74) is 7.24. The molecule has 1 aromatic carbocycles. The van der Waals surface area contributed by atoms with Crippen molar-refractivity contribution in [3.8, 4) is 0 Å². The molecule has 3 aromatic rings. The number of hydrogen-bond donors (Lipinski definition) is 0. The normalized spacial score (nSPS) is 20.3. The molecular formula is C26H33N5. The first-order chi connectivity index (χ1) is 15.1. The van der Waals surface area contributed by atoms with Crippen LogP contribution in [-0.4, -0.2) is 39.6 Å². The van der Waals surface area contributed by atoms with Gasteiger partial charge in [0.05, 0.1) is 11.7 Å². The van der Waals surface area contributed by atoms with Crippen LogP contribution < -0.4 is 4.90 Å². The second-order valence-corrected chi connectivity index (χ2v) is 9.19. The van der Waals surface area contributed by atoms with E-state index < -0.39 is 0 Å². The van der Waals surface area contributed by atoms with Crippen molar-refractivity contribution in [3.63, 3.8) is 0 Å². The van der Waals surface area contributed by atoms with Crippen molar-refractivity contribution in [1.29, 1.82) is 0 Å². The number of rotatable bonds is 0. The Morgan fingerprint density at radius 2 is 1.87 bits per heavy atom. The Morgan fingerprint density at radius 3 is 2.77 bits per heavy atom. The van der Waals surface area contributed by atoms with E-state index >= 15 is 0 Å². The smallest absolute Gasteiger partial charge is 0.157 e. The number of aromatic nitrogens is 3. The highest BCUT2D eigenvalue weighted by Gasteiger charge is 2.29. The van der Waals surface area contributed by atoms with Crippen molar-refractivity contribution in [2.75, 3.05) is 25.0 Å². The Morgan fingerprint density at radius 1 is 1.00 bits per heavy atom. The van der Waals surface area contributed by atoms with E-state index in [1.54, 1.807) is 0 Å². The first kappa shape index (κ1) is 20.1. The second-order valence-electron chi connectivity index (χ2n) is 9.19. The summed E-state index contributed by atoms with van der Waals surface area (Å²) >= 11 is 0. The van der Waals surface area contributed by atoms with E-state index in [-0.39, 0.29) is 6.04 Å². The molecule has 2 aromatic heterocycles. The van der Waals surface area contributed by atoms with Gasteiger partial charge in [-0.15, -0.1) is 0 Å². The molecule has 0 aliphatic carbocycles. The van der Waals surface area contributed by atoms with E-state index in [0.29, 0.717) is 0 Å². The molecule has 2 aliphatic heterocycles. The van der Waals surface area contributed by atoms with E-state index in [4.69, 9.17) is 5.10 Å². The fourth-order valence-corrected chi connectivity index (χ4v) is 5.20. The van der Waals surface area contributed by atoms with Gasteiger partial charge in [-0.05, 0) is 63.1 Å². The third-order valence-corrected chi connectivity index (χ3v) is 6.95. The summed E-state index contributed by atoms with van der Waals surface area (Å²) in [5.74, 6) is 1.12. The third kappa shape index (κ3) is 3.82. The number of hydrogen-bond acceptors (Lipinski definition) is 4. The highest BCUT2D eigenvalue weighted by molar-refractivity contribution is 5.66. The Kier molecular flexibility index (Phi) is 5.43. The van der Waals surface area contributed by atoms with Crippen LogP contribution >= 0.6 is 0 Å². The molecule has 0 unspecified atom stereocenters. The maximum absolute atomic E-state index is 5.08. The van der Waals surface area contributed by atoms with Crippen molar-refractivity contribution in [2.45, 2.75) is 57.9 Å². The van der Waals surface area contributed by atoms with Crippen molar-refractivity contribution in [2.24, 2.45) is 0 Å². The zero-order valence-electron chi connectivity index (χ0n) is 18.8. The summed E-state index contributed by atoms with van der Waals surface area (Å²) in [7, 11) is 2.17. The van der Waals surface area contributed by atoms with Crippen LogP contribution in [0, 0.1) is 6.92 Å². The fourth-order valence-electron chi connectivity index (χ4n) is 5.20. The van der Waals surface area contributed by atoms with E-state index in [1.165, 1.54) is 48.8 Å². The lowest BCUT2D eigenvalue weighted by Crippen LogP contribution is -2.32. The zero-order valence-corrected chi connectivity index (χ0v) is 18.8. The topological polar surface area (TPSA) is 36.7 Å². The minimum atomic E-state index is 0.250. The summed E-state index contributed by atoms with van der Waals surface area (Å²) in [4.78, 5) is 9.44. The molecule has 0 N–H and O–H groups in total. The molecule has 0 radical (unpaired) electrons. The number of anilines is 1.